The summed E-state index contributed by atoms with van der Waals surface area (Å²) in [6, 6.07) is 0. The molecule has 0 bridgehead atoms. The molecule has 0 saturated heterocycles. The lowest BCUT2D eigenvalue weighted by Crippen LogP contribution is -2.29. The van der Waals surface area contributed by atoms with Crippen LogP contribution in [-0.2, 0) is 32.7 Å². The Hall–Kier alpha value is -2.63. The van der Waals surface area contributed by atoms with Crippen LogP contribution in [0.2, 0.25) is 0 Å². The molecule has 3 unspecified atom stereocenters. The number of rotatable bonds is 46. The Labute approximate surface area is 395 Å². The third-order valence-electron chi connectivity index (χ3n) is 11.0. The Balaban J connectivity index is 4.33. The molecule has 376 valence electrons. The Bertz CT molecular complexity index is 1340. The fraction of sp³-hybridized carbons (Fsp3) is 0.736. The van der Waals surface area contributed by atoms with Crippen LogP contribution in [0, 0.1) is 5.92 Å². The molecule has 0 aromatic heterocycles. The number of aliphatic hydroxyl groups is 3. The van der Waals surface area contributed by atoms with E-state index in [0.717, 1.165) is 44.4 Å². The SMILES string of the molecule is CC/C=C\C/C=C\CC(O)/C=C/C=C\C/C=C\C/C=C\CCC(=O)OC[C@H](COP(=O)(O)OC[C@@H](O)CO)OC(=O)CCCCCCCCCCCCCCCCCCCCC(C)CC. The van der Waals surface area contributed by atoms with Crippen LogP contribution >= 0.6 is 7.82 Å². The molecule has 0 amide bonds. The number of aliphatic hydroxyl groups excluding tert-OH is 3. The summed E-state index contributed by atoms with van der Waals surface area (Å²) in [5, 5.41) is 28.4. The first-order valence-electron chi connectivity index (χ1n) is 25.4. The molecule has 5 atom stereocenters. The molecule has 0 radical (unpaired) electrons. The van der Waals surface area contributed by atoms with E-state index < -0.39 is 57.9 Å². The molecule has 0 spiro atoms. The predicted molar refractivity (Wildman–Crippen MR) is 266 cm³/mol. The first-order chi connectivity index (χ1) is 31.5. The summed E-state index contributed by atoms with van der Waals surface area (Å²) in [7, 11) is -4.65. The summed E-state index contributed by atoms with van der Waals surface area (Å²) in [4.78, 5) is 35.1. The molecule has 0 aromatic rings. The van der Waals surface area contributed by atoms with E-state index in [1.807, 2.05) is 48.6 Å². The summed E-state index contributed by atoms with van der Waals surface area (Å²) in [5.41, 5.74) is 0. The van der Waals surface area contributed by atoms with Gasteiger partial charge in [-0.15, -0.1) is 0 Å². The molecule has 0 rings (SSSR count). The highest BCUT2D eigenvalue weighted by molar-refractivity contribution is 7.47. The molecule has 0 aromatic carbocycles. The molecule has 4 N–H and O–H groups in total. The molecule has 0 aliphatic rings. The van der Waals surface area contributed by atoms with Crippen LogP contribution in [0.4, 0.5) is 0 Å². The van der Waals surface area contributed by atoms with Gasteiger partial charge in [0.2, 0.25) is 0 Å². The molecule has 65 heavy (non-hydrogen) atoms. The maximum absolute atomic E-state index is 12.7. The number of hydrogen-bond donors (Lipinski definition) is 4. The van der Waals surface area contributed by atoms with Gasteiger partial charge in [-0.2, -0.15) is 0 Å². The van der Waals surface area contributed by atoms with Crippen LogP contribution in [0.15, 0.2) is 72.9 Å². The third-order valence-corrected chi connectivity index (χ3v) is 12.0. The van der Waals surface area contributed by atoms with E-state index in [1.165, 1.54) is 103 Å². The zero-order chi connectivity index (χ0) is 47.9. The molecule has 12 heteroatoms. The van der Waals surface area contributed by atoms with Gasteiger partial charge in [-0.1, -0.05) is 216 Å². The maximum Gasteiger partial charge on any atom is 0.472 e. The fourth-order valence-corrected chi connectivity index (χ4v) is 7.52. The minimum Gasteiger partial charge on any atom is -0.462 e. The van der Waals surface area contributed by atoms with Crippen molar-refractivity contribution >= 4 is 19.8 Å². The largest absolute Gasteiger partial charge is 0.472 e. The van der Waals surface area contributed by atoms with E-state index in [2.05, 4.69) is 39.0 Å². The highest BCUT2D eigenvalue weighted by atomic mass is 31.2. The lowest BCUT2D eigenvalue weighted by Gasteiger charge is -2.20. The van der Waals surface area contributed by atoms with E-state index >= 15 is 0 Å². The number of carbonyl (C=O) groups excluding carboxylic acids is 2. The highest BCUT2D eigenvalue weighted by Gasteiger charge is 2.27. The standard InChI is InChI=1S/C53H93O11P/c1-4-6-7-8-30-35-40-49(55)41-36-31-26-22-19-20-23-27-32-37-42-52(57)61-46-51(47-63-65(59,60)62-45-50(56)44-54)64-53(58)43-38-33-28-24-18-16-14-12-10-9-11-13-15-17-21-25-29-34-39-48(3)5-2/h6-7,19-20,26-27,30-32,35-36,41,48-51,54-56H,4-5,8-18,21-25,28-29,33-34,37-40,42-47H2,1-3H3,(H,59,60)/b7-6-,20-19-,31-26-,32-27-,35-30-,41-36+/t48?,49?,50-,51+/m0/s1. The molecule has 0 aliphatic heterocycles. The Kier molecular flexibility index (Phi) is 44.6. The topological polar surface area (TPSA) is 169 Å². The van der Waals surface area contributed by atoms with Gasteiger partial charge >= 0.3 is 19.8 Å². The second-order valence-corrected chi connectivity index (χ2v) is 18.7. The van der Waals surface area contributed by atoms with Crippen LogP contribution < -0.4 is 0 Å². The third kappa shape index (κ3) is 46.3. The van der Waals surface area contributed by atoms with Gasteiger partial charge in [0.15, 0.2) is 6.10 Å². The summed E-state index contributed by atoms with van der Waals surface area (Å²) < 4.78 is 32.7. The van der Waals surface area contributed by atoms with Crippen LogP contribution in [0.1, 0.15) is 201 Å². The zero-order valence-corrected chi connectivity index (χ0v) is 41.9. The lowest BCUT2D eigenvalue weighted by atomic mass is 9.99. The molecular weight excluding hydrogens is 844 g/mol. The molecule has 0 saturated carbocycles. The number of unbranched alkanes of at least 4 members (excludes halogenated alkanes) is 17. The summed E-state index contributed by atoms with van der Waals surface area (Å²) >= 11 is 0. The Morgan fingerprint density at radius 1 is 0.585 bits per heavy atom. The maximum atomic E-state index is 12.7. The van der Waals surface area contributed by atoms with Crippen LogP contribution in [0.25, 0.3) is 0 Å². The molecular formula is C53H93O11P. The van der Waals surface area contributed by atoms with Gasteiger partial charge in [-0.25, -0.2) is 4.57 Å². The second kappa shape index (κ2) is 46.5. The van der Waals surface area contributed by atoms with Crippen molar-refractivity contribution < 1.29 is 52.9 Å². The first kappa shape index (κ1) is 62.4. The van der Waals surface area contributed by atoms with E-state index in [4.69, 9.17) is 23.6 Å². The summed E-state index contributed by atoms with van der Waals surface area (Å²) in [6.07, 6.45) is 50.5. The van der Waals surface area contributed by atoms with Crippen molar-refractivity contribution in [2.24, 2.45) is 5.92 Å². The average Bonchev–Trinajstić information content (AvgIpc) is 3.29. The van der Waals surface area contributed by atoms with Gasteiger partial charge in [0.1, 0.15) is 12.7 Å². The van der Waals surface area contributed by atoms with E-state index in [0.29, 0.717) is 25.7 Å². The van der Waals surface area contributed by atoms with Crippen molar-refractivity contribution in [1.29, 1.82) is 0 Å². The minimum absolute atomic E-state index is 0.0913. The van der Waals surface area contributed by atoms with Gasteiger partial charge in [0.05, 0.1) is 25.9 Å². The average molecular weight is 937 g/mol. The number of ether oxygens (including phenoxy) is 2. The molecule has 0 aliphatic carbocycles. The zero-order valence-electron chi connectivity index (χ0n) is 41.0. The Morgan fingerprint density at radius 2 is 1.09 bits per heavy atom. The van der Waals surface area contributed by atoms with Crippen molar-refractivity contribution in [1.82, 2.24) is 0 Å². The quantitative estimate of drug-likeness (QED) is 0.0151. The summed E-state index contributed by atoms with van der Waals surface area (Å²) in [6.45, 7) is 4.51. The van der Waals surface area contributed by atoms with Gasteiger partial charge < -0.3 is 29.7 Å². The number of phosphoric ester groups is 1. The van der Waals surface area contributed by atoms with E-state index in [-0.39, 0.29) is 19.4 Å². The van der Waals surface area contributed by atoms with Crippen LogP contribution in [-0.4, -0.2) is 76.9 Å². The van der Waals surface area contributed by atoms with E-state index in [1.54, 1.807) is 6.08 Å². The number of hydrogen-bond acceptors (Lipinski definition) is 10. The second-order valence-electron chi connectivity index (χ2n) is 17.3. The molecule has 0 fully saturated rings. The van der Waals surface area contributed by atoms with Crippen LogP contribution in [0.3, 0.4) is 0 Å². The number of phosphoric acid groups is 1. The Morgan fingerprint density at radius 3 is 1.66 bits per heavy atom. The normalized spacial score (nSPS) is 15.2. The van der Waals surface area contributed by atoms with Crippen molar-refractivity contribution in [3.63, 3.8) is 0 Å². The van der Waals surface area contributed by atoms with Crippen molar-refractivity contribution in [2.75, 3.05) is 26.4 Å². The fourth-order valence-electron chi connectivity index (χ4n) is 6.73. The van der Waals surface area contributed by atoms with Crippen molar-refractivity contribution in [2.45, 2.75) is 219 Å². The monoisotopic (exact) mass is 937 g/mol. The van der Waals surface area contributed by atoms with Gasteiger partial charge in [-0.05, 0) is 50.9 Å². The van der Waals surface area contributed by atoms with Gasteiger partial charge in [-0.3, -0.25) is 18.6 Å². The minimum atomic E-state index is -4.65. The van der Waals surface area contributed by atoms with Crippen LogP contribution in [0.5, 0.6) is 0 Å². The lowest BCUT2D eigenvalue weighted by molar-refractivity contribution is -0.161. The highest BCUT2D eigenvalue weighted by Crippen LogP contribution is 2.43. The van der Waals surface area contributed by atoms with Gasteiger partial charge in [0.25, 0.3) is 0 Å². The predicted octanol–water partition coefficient (Wildman–Crippen LogP) is 13.2. The first-order valence-corrected chi connectivity index (χ1v) is 26.9. The number of esters is 2. The van der Waals surface area contributed by atoms with Crippen molar-refractivity contribution in [3.05, 3.63) is 72.9 Å². The van der Waals surface area contributed by atoms with Gasteiger partial charge in [0, 0.05) is 12.8 Å². The number of allylic oxidation sites excluding steroid dienone is 10. The molecule has 0 heterocycles. The van der Waals surface area contributed by atoms with Crippen molar-refractivity contribution in [3.8, 4) is 0 Å². The summed E-state index contributed by atoms with van der Waals surface area (Å²) in [5.74, 6) is -0.164. The smallest absolute Gasteiger partial charge is 0.462 e. The van der Waals surface area contributed by atoms with E-state index in [9.17, 15) is 29.3 Å². The number of carbonyl (C=O) groups is 2. The molecule has 11 nitrogen and oxygen atoms in total.